The van der Waals surface area contributed by atoms with Gasteiger partial charge in [0.15, 0.2) is 11.6 Å². The third-order valence-electron chi connectivity index (χ3n) is 5.48. The van der Waals surface area contributed by atoms with Gasteiger partial charge in [-0.3, -0.25) is 14.3 Å². The molecule has 1 fully saturated rings. The van der Waals surface area contributed by atoms with Gasteiger partial charge in [-0.05, 0) is 49.4 Å². The molecule has 1 aliphatic rings. The van der Waals surface area contributed by atoms with E-state index in [4.69, 9.17) is 4.74 Å². The van der Waals surface area contributed by atoms with Gasteiger partial charge in [0.05, 0.1) is 17.3 Å². The fourth-order valence-electron chi connectivity index (χ4n) is 3.85. The number of nitrogens with one attached hydrogen (secondary N) is 2. The first-order valence-corrected chi connectivity index (χ1v) is 11.0. The van der Waals surface area contributed by atoms with Crippen molar-refractivity contribution in [1.82, 2.24) is 20.4 Å². The van der Waals surface area contributed by atoms with Crippen molar-refractivity contribution in [3.8, 4) is 11.5 Å². The van der Waals surface area contributed by atoms with E-state index in [1.165, 1.54) is 0 Å². The van der Waals surface area contributed by atoms with Gasteiger partial charge >= 0.3 is 0 Å². The molecular formula is C24H26F2N4O3. The lowest BCUT2D eigenvalue weighted by Gasteiger charge is -2.18. The molecule has 1 aromatic heterocycles. The zero-order chi connectivity index (χ0) is 23.5. The minimum atomic E-state index is -0.889. The zero-order valence-corrected chi connectivity index (χ0v) is 18.5. The van der Waals surface area contributed by atoms with Crippen molar-refractivity contribution in [2.75, 3.05) is 6.54 Å². The van der Waals surface area contributed by atoms with Gasteiger partial charge in [0.2, 0.25) is 5.91 Å². The molecule has 0 bridgehead atoms. The van der Waals surface area contributed by atoms with Crippen LogP contribution in [0.2, 0.25) is 0 Å². The predicted molar refractivity (Wildman–Crippen MR) is 119 cm³/mol. The first-order chi connectivity index (χ1) is 15.8. The Hall–Kier alpha value is -3.49. The normalized spacial score (nSPS) is 16.5. The first kappa shape index (κ1) is 22.7. The molecule has 0 aliphatic carbocycles. The number of hydrogen-bond donors (Lipinski definition) is 2. The van der Waals surface area contributed by atoms with E-state index in [2.05, 4.69) is 29.6 Å². The van der Waals surface area contributed by atoms with Gasteiger partial charge in [0.25, 0.3) is 5.91 Å². The van der Waals surface area contributed by atoms with Gasteiger partial charge in [-0.1, -0.05) is 13.8 Å². The highest BCUT2D eigenvalue weighted by Gasteiger charge is 2.25. The fraction of sp³-hybridized carbons (Fsp3) is 0.375. The molecule has 0 radical (unpaired) electrons. The number of ether oxygens (including phenoxy) is 1. The van der Waals surface area contributed by atoms with Crippen LogP contribution in [0.1, 0.15) is 43.5 Å². The number of rotatable bonds is 6. The monoisotopic (exact) mass is 456 g/mol. The summed E-state index contributed by atoms with van der Waals surface area (Å²) in [7, 11) is 0. The standard InChI is InChI=1S/C24H26F2N4O3/c1-14(2)13-30-20-11-17(23(31)29-19-5-3-4-8-27-24(19)32)22(9-15(20)12-28-30)33-21-7-6-16(25)10-18(21)26/h6-7,9-12,14,19H,3-5,8,13H2,1-2H3,(H,27,32)(H,29,31). The smallest absolute Gasteiger partial charge is 0.255 e. The van der Waals surface area contributed by atoms with Crippen LogP contribution in [0.5, 0.6) is 11.5 Å². The van der Waals surface area contributed by atoms with E-state index in [1.54, 1.807) is 23.0 Å². The van der Waals surface area contributed by atoms with Crippen LogP contribution in [0, 0.1) is 17.6 Å². The van der Waals surface area contributed by atoms with Gasteiger partial charge in [0.1, 0.15) is 17.6 Å². The summed E-state index contributed by atoms with van der Waals surface area (Å²) in [6, 6.07) is 5.51. The number of aromatic nitrogens is 2. The molecule has 2 N–H and O–H groups in total. The van der Waals surface area contributed by atoms with Crippen molar-refractivity contribution < 1.29 is 23.1 Å². The third kappa shape index (κ3) is 5.13. The molecule has 4 rings (SSSR count). The van der Waals surface area contributed by atoms with Crippen LogP contribution in [-0.2, 0) is 11.3 Å². The first-order valence-electron chi connectivity index (χ1n) is 11.0. The van der Waals surface area contributed by atoms with Crippen LogP contribution < -0.4 is 15.4 Å². The molecule has 1 saturated heterocycles. The zero-order valence-electron chi connectivity index (χ0n) is 18.5. The highest BCUT2D eigenvalue weighted by atomic mass is 19.1. The van der Waals surface area contributed by atoms with Gasteiger partial charge in [-0.25, -0.2) is 8.78 Å². The Morgan fingerprint density at radius 1 is 1.24 bits per heavy atom. The summed E-state index contributed by atoms with van der Waals surface area (Å²) < 4.78 is 35.1. The maximum atomic E-state index is 14.3. The number of hydrogen-bond acceptors (Lipinski definition) is 4. The average molecular weight is 456 g/mol. The average Bonchev–Trinajstić information content (AvgIpc) is 3.02. The van der Waals surface area contributed by atoms with E-state index >= 15 is 0 Å². The minimum absolute atomic E-state index is 0.0867. The Kier molecular flexibility index (Phi) is 6.57. The molecule has 0 saturated carbocycles. The predicted octanol–water partition coefficient (Wildman–Crippen LogP) is 4.16. The van der Waals surface area contributed by atoms with E-state index in [9.17, 15) is 18.4 Å². The Labute approximate surface area is 190 Å². The number of benzene rings is 2. The van der Waals surface area contributed by atoms with Crippen LogP contribution in [0.3, 0.4) is 0 Å². The molecule has 1 aliphatic heterocycles. The Morgan fingerprint density at radius 3 is 2.82 bits per heavy atom. The van der Waals surface area contributed by atoms with Crippen LogP contribution in [-0.4, -0.2) is 34.2 Å². The molecule has 2 aromatic carbocycles. The summed E-state index contributed by atoms with van der Waals surface area (Å²) in [5.41, 5.74) is 0.847. The molecule has 9 heteroatoms. The molecule has 3 aromatic rings. The van der Waals surface area contributed by atoms with E-state index < -0.39 is 23.6 Å². The molecule has 33 heavy (non-hydrogen) atoms. The minimum Gasteiger partial charge on any atom is -0.453 e. The molecule has 0 spiro atoms. The number of nitrogens with zero attached hydrogens (tertiary/aromatic N) is 2. The highest BCUT2D eigenvalue weighted by molar-refractivity contribution is 6.03. The second-order valence-electron chi connectivity index (χ2n) is 8.62. The van der Waals surface area contributed by atoms with Crippen LogP contribution >= 0.6 is 0 Å². The molecule has 7 nitrogen and oxygen atoms in total. The van der Waals surface area contributed by atoms with Crippen molar-refractivity contribution in [1.29, 1.82) is 0 Å². The van der Waals surface area contributed by atoms with E-state index in [0.29, 0.717) is 42.4 Å². The molecule has 174 valence electrons. The van der Waals surface area contributed by atoms with E-state index in [0.717, 1.165) is 25.0 Å². The topological polar surface area (TPSA) is 85.2 Å². The Balaban J connectivity index is 1.73. The number of carbonyl (C=O) groups is 2. The SMILES string of the molecule is CC(C)Cn1ncc2cc(Oc3ccc(F)cc3F)c(C(=O)NC3CCCCNC3=O)cc21. The molecular weight excluding hydrogens is 430 g/mol. The molecule has 2 amide bonds. The second kappa shape index (κ2) is 9.56. The van der Waals surface area contributed by atoms with Crippen LogP contribution in [0.4, 0.5) is 8.78 Å². The number of halogens is 2. The van der Waals surface area contributed by atoms with Gasteiger partial charge in [-0.2, -0.15) is 5.10 Å². The largest absolute Gasteiger partial charge is 0.453 e. The van der Waals surface area contributed by atoms with Crippen molar-refractivity contribution >= 4 is 22.7 Å². The van der Waals surface area contributed by atoms with Crippen LogP contribution in [0.15, 0.2) is 36.5 Å². The second-order valence-corrected chi connectivity index (χ2v) is 8.62. The highest BCUT2D eigenvalue weighted by Crippen LogP contribution is 2.32. The van der Waals surface area contributed by atoms with Crippen molar-refractivity contribution in [2.24, 2.45) is 5.92 Å². The summed E-state index contributed by atoms with van der Waals surface area (Å²) >= 11 is 0. The lowest BCUT2D eigenvalue weighted by Crippen LogP contribution is -2.45. The van der Waals surface area contributed by atoms with E-state index in [1.807, 2.05) is 0 Å². The molecule has 1 unspecified atom stereocenters. The van der Waals surface area contributed by atoms with Crippen molar-refractivity contribution in [3.05, 3.63) is 53.7 Å². The Bertz CT molecular complexity index is 1190. The number of amides is 2. The van der Waals surface area contributed by atoms with E-state index in [-0.39, 0.29) is 23.0 Å². The summed E-state index contributed by atoms with van der Waals surface area (Å²) in [6.07, 6.45) is 3.81. The molecule has 1 atom stereocenters. The lowest BCUT2D eigenvalue weighted by atomic mass is 10.1. The van der Waals surface area contributed by atoms with Crippen molar-refractivity contribution in [2.45, 2.75) is 45.7 Å². The van der Waals surface area contributed by atoms with Gasteiger partial charge < -0.3 is 15.4 Å². The third-order valence-corrected chi connectivity index (χ3v) is 5.48. The van der Waals surface area contributed by atoms with Crippen molar-refractivity contribution in [3.63, 3.8) is 0 Å². The summed E-state index contributed by atoms with van der Waals surface area (Å²) in [5.74, 6) is -2.19. The molecule has 2 heterocycles. The maximum absolute atomic E-state index is 14.3. The van der Waals surface area contributed by atoms with Crippen LogP contribution in [0.25, 0.3) is 10.9 Å². The maximum Gasteiger partial charge on any atom is 0.255 e. The Morgan fingerprint density at radius 2 is 2.06 bits per heavy atom. The quantitative estimate of drug-likeness (QED) is 0.583. The number of carbonyl (C=O) groups excluding carboxylic acids is 2. The summed E-state index contributed by atoms with van der Waals surface area (Å²) in [5, 5.41) is 10.7. The summed E-state index contributed by atoms with van der Waals surface area (Å²) in [4.78, 5) is 25.6. The summed E-state index contributed by atoms with van der Waals surface area (Å²) in [6.45, 7) is 5.33. The number of fused-ring (bicyclic) bond motifs is 1. The fourth-order valence-corrected chi connectivity index (χ4v) is 3.85. The van der Waals surface area contributed by atoms with Gasteiger partial charge in [-0.15, -0.1) is 0 Å². The lowest BCUT2D eigenvalue weighted by molar-refractivity contribution is -0.122. The van der Waals surface area contributed by atoms with Gasteiger partial charge in [0, 0.05) is 24.5 Å².